The summed E-state index contributed by atoms with van der Waals surface area (Å²) in [6, 6.07) is 17.1. The van der Waals surface area contributed by atoms with Gasteiger partial charge in [0.15, 0.2) is 0 Å². The summed E-state index contributed by atoms with van der Waals surface area (Å²) >= 11 is 0. The van der Waals surface area contributed by atoms with Crippen LogP contribution in [0.25, 0.3) is 0 Å². The van der Waals surface area contributed by atoms with E-state index in [2.05, 4.69) is 24.4 Å². The largest absolute Gasteiger partial charge is 0.306 e. The van der Waals surface area contributed by atoms with Crippen LogP contribution in [0.4, 0.5) is 4.39 Å². The van der Waals surface area contributed by atoms with E-state index in [4.69, 9.17) is 5.26 Å². The molecule has 2 aromatic rings. The van der Waals surface area contributed by atoms with Gasteiger partial charge in [0, 0.05) is 12.6 Å². The number of hydrogen-bond donors (Lipinski definition) is 1. The lowest BCUT2D eigenvalue weighted by atomic mass is 10.0. The molecule has 3 heteroatoms. The van der Waals surface area contributed by atoms with E-state index < -0.39 is 5.82 Å². The molecule has 1 N–H and O–H groups in total. The molecule has 0 aliphatic carbocycles. The maximum absolute atomic E-state index is 13.3. The smallest absolute Gasteiger partial charge is 0.140 e. The second-order valence-electron chi connectivity index (χ2n) is 5.06. The molecule has 0 aliphatic rings. The Morgan fingerprint density at radius 1 is 1.19 bits per heavy atom. The number of hydrogen-bond acceptors (Lipinski definition) is 2. The van der Waals surface area contributed by atoms with Gasteiger partial charge in [0.05, 0.1) is 5.56 Å². The Kier molecular flexibility index (Phi) is 5.48. The molecule has 1 unspecified atom stereocenters. The maximum Gasteiger partial charge on any atom is 0.140 e. The number of rotatable bonds is 6. The van der Waals surface area contributed by atoms with E-state index in [1.54, 1.807) is 12.1 Å². The number of nitriles is 1. The first-order chi connectivity index (χ1) is 10.2. The Bertz CT molecular complexity index is 617. The zero-order valence-corrected chi connectivity index (χ0v) is 12.1. The van der Waals surface area contributed by atoms with Gasteiger partial charge < -0.3 is 5.32 Å². The molecule has 0 aromatic heterocycles. The van der Waals surface area contributed by atoms with Crippen LogP contribution < -0.4 is 5.32 Å². The predicted octanol–water partition coefficient (Wildman–Crippen LogP) is 4.33. The van der Waals surface area contributed by atoms with Gasteiger partial charge in [-0.15, -0.1) is 0 Å². The van der Waals surface area contributed by atoms with E-state index in [-0.39, 0.29) is 11.6 Å². The highest BCUT2D eigenvalue weighted by Gasteiger charge is 2.10. The molecule has 2 aromatic carbocycles. The second-order valence-corrected chi connectivity index (χ2v) is 5.06. The summed E-state index contributed by atoms with van der Waals surface area (Å²) in [6.45, 7) is 2.78. The van der Waals surface area contributed by atoms with Gasteiger partial charge in [-0.25, -0.2) is 4.39 Å². The van der Waals surface area contributed by atoms with Gasteiger partial charge >= 0.3 is 0 Å². The van der Waals surface area contributed by atoms with Gasteiger partial charge in [-0.05, 0) is 29.7 Å². The minimum absolute atomic E-state index is 0.0982. The lowest BCUT2D eigenvalue weighted by Crippen LogP contribution is -2.20. The third-order valence-corrected chi connectivity index (χ3v) is 3.48. The minimum Gasteiger partial charge on any atom is -0.306 e. The second kappa shape index (κ2) is 7.56. The predicted molar refractivity (Wildman–Crippen MR) is 82.0 cm³/mol. The molecule has 0 fully saturated rings. The first-order valence-corrected chi connectivity index (χ1v) is 7.21. The van der Waals surface area contributed by atoms with Crippen LogP contribution in [0.1, 0.15) is 42.5 Å². The van der Waals surface area contributed by atoms with Crippen molar-refractivity contribution in [2.24, 2.45) is 0 Å². The fourth-order valence-electron chi connectivity index (χ4n) is 2.37. The number of nitrogens with one attached hydrogen (secondary N) is 1. The summed E-state index contributed by atoms with van der Waals surface area (Å²) < 4.78 is 13.3. The summed E-state index contributed by atoms with van der Waals surface area (Å²) in [5, 5.41) is 12.4. The third kappa shape index (κ3) is 4.14. The minimum atomic E-state index is -0.464. The zero-order chi connectivity index (χ0) is 15.1. The molecular weight excluding hydrogens is 263 g/mol. The zero-order valence-electron chi connectivity index (χ0n) is 12.1. The van der Waals surface area contributed by atoms with Crippen LogP contribution in [0.5, 0.6) is 0 Å². The average molecular weight is 282 g/mol. The lowest BCUT2D eigenvalue weighted by molar-refractivity contribution is 0.493. The summed E-state index contributed by atoms with van der Waals surface area (Å²) in [5.74, 6) is -0.464. The highest BCUT2D eigenvalue weighted by Crippen LogP contribution is 2.19. The van der Waals surface area contributed by atoms with Gasteiger partial charge in [0.1, 0.15) is 11.9 Å². The van der Waals surface area contributed by atoms with Crippen LogP contribution >= 0.6 is 0 Å². The molecule has 0 aliphatic heterocycles. The first kappa shape index (κ1) is 15.2. The van der Waals surface area contributed by atoms with Crippen LogP contribution in [0.3, 0.4) is 0 Å². The lowest BCUT2D eigenvalue weighted by Gasteiger charge is -2.19. The third-order valence-electron chi connectivity index (χ3n) is 3.48. The van der Waals surface area contributed by atoms with Crippen molar-refractivity contribution < 1.29 is 4.39 Å². The topological polar surface area (TPSA) is 35.8 Å². The molecule has 0 saturated carbocycles. The van der Waals surface area contributed by atoms with Gasteiger partial charge in [-0.2, -0.15) is 5.26 Å². The van der Waals surface area contributed by atoms with E-state index in [0.717, 1.165) is 18.4 Å². The normalized spacial score (nSPS) is 11.9. The molecule has 108 valence electrons. The van der Waals surface area contributed by atoms with Crippen molar-refractivity contribution in [1.29, 1.82) is 5.26 Å². The fourth-order valence-corrected chi connectivity index (χ4v) is 2.37. The molecule has 0 heterocycles. The molecule has 1 atom stereocenters. The molecule has 0 amide bonds. The van der Waals surface area contributed by atoms with E-state index in [1.807, 2.05) is 24.3 Å². The van der Waals surface area contributed by atoms with Gasteiger partial charge in [-0.3, -0.25) is 0 Å². The van der Waals surface area contributed by atoms with Crippen LogP contribution in [-0.2, 0) is 6.54 Å². The van der Waals surface area contributed by atoms with Crippen molar-refractivity contribution in [2.75, 3.05) is 0 Å². The number of nitrogens with zero attached hydrogens (tertiary/aromatic N) is 1. The summed E-state index contributed by atoms with van der Waals surface area (Å²) in [4.78, 5) is 0. The molecule has 0 saturated heterocycles. The van der Waals surface area contributed by atoms with E-state index in [9.17, 15) is 4.39 Å². The monoisotopic (exact) mass is 282 g/mol. The quantitative estimate of drug-likeness (QED) is 0.856. The van der Waals surface area contributed by atoms with Crippen molar-refractivity contribution in [3.8, 4) is 6.07 Å². The Morgan fingerprint density at radius 3 is 2.62 bits per heavy atom. The van der Waals surface area contributed by atoms with Crippen molar-refractivity contribution in [3.63, 3.8) is 0 Å². The van der Waals surface area contributed by atoms with Crippen LogP contribution in [0.15, 0.2) is 48.5 Å². The molecule has 0 radical (unpaired) electrons. The average Bonchev–Trinajstić information content (AvgIpc) is 2.53. The SMILES string of the molecule is CCCC(NCc1ccc(F)c(C#N)c1)c1ccccc1. The summed E-state index contributed by atoms with van der Waals surface area (Å²) in [7, 11) is 0. The molecule has 2 nitrogen and oxygen atoms in total. The Balaban J connectivity index is 2.07. The van der Waals surface area contributed by atoms with Gasteiger partial charge in [0.25, 0.3) is 0 Å². The Hall–Kier alpha value is -2.18. The highest BCUT2D eigenvalue weighted by molar-refractivity contribution is 5.34. The molecule has 0 spiro atoms. The van der Waals surface area contributed by atoms with Gasteiger partial charge in [0.2, 0.25) is 0 Å². The number of halogens is 1. The van der Waals surface area contributed by atoms with Crippen molar-refractivity contribution in [2.45, 2.75) is 32.4 Å². The van der Waals surface area contributed by atoms with Crippen molar-refractivity contribution >= 4 is 0 Å². The molecule has 0 bridgehead atoms. The first-order valence-electron chi connectivity index (χ1n) is 7.21. The van der Waals surface area contributed by atoms with E-state index >= 15 is 0 Å². The molecule has 21 heavy (non-hydrogen) atoms. The highest BCUT2D eigenvalue weighted by atomic mass is 19.1. The van der Waals surface area contributed by atoms with Gasteiger partial charge in [-0.1, -0.05) is 49.7 Å². The van der Waals surface area contributed by atoms with Crippen LogP contribution in [0, 0.1) is 17.1 Å². The fraction of sp³-hybridized carbons (Fsp3) is 0.278. The van der Waals surface area contributed by atoms with E-state index in [0.29, 0.717) is 6.54 Å². The Labute approximate surface area is 125 Å². The van der Waals surface area contributed by atoms with Crippen LogP contribution in [-0.4, -0.2) is 0 Å². The molecular formula is C18H19FN2. The van der Waals surface area contributed by atoms with Crippen LogP contribution in [0.2, 0.25) is 0 Å². The summed E-state index contributed by atoms with van der Waals surface area (Å²) in [6.07, 6.45) is 2.12. The number of benzene rings is 2. The maximum atomic E-state index is 13.3. The standard InChI is InChI=1S/C18H19FN2/c1-2-6-18(15-7-4-3-5-8-15)21-13-14-9-10-17(19)16(11-14)12-20/h3-5,7-11,18,21H,2,6,13H2,1H3. The van der Waals surface area contributed by atoms with E-state index in [1.165, 1.54) is 11.6 Å². The van der Waals surface area contributed by atoms with Crippen molar-refractivity contribution in [1.82, 2.24) is 5.32 Å². The summed E-state index contributed by atoms with van der Waals surface area (Å²) in [5.41, 5.74) is 2.27. The van der Waals surface area contributed by atoms with Crippen molar-refractivity contribution in [3.05, 3.63) is 71.0 Å². The molecule has 2 rings (SSSR count). The Morgan fingerprint density at radius 2 is 1.95 bits per heavy atom.